The van der Waals surface area contributed by atoms with Gasteiger partial charge in [0.2, 0.25) is 5.91 Å². The van der Waals surface area contributed by atoms with Crippen molar-refractivity contribution < 1.29 is 14.7 Å². The summed E-state index contributed by atoms with van der Waals surface area (Å²) in [5.74, 6) is -0.0972. The summed E-state index contributed by atoms with van der Waals surface area (Å²) in [5, 5.41) is 11.9. The maximum atomic E-state index is 12.1. The van der Waals surface area contributed by atoms with E-state index in [9.17, 15) is 14.7 Å². The lowest BCUT2D eigenvalue weighted by atomic mass is 10.1. The van der Waals surface area contributed by atoms with Gasteiger partial charge in [-0.05, 0) is 37.1 Å². The second kappa shape index (κ2) is 6.10. The average Bonchev–Trinajstić information content (AvgIpc) is 2.39. The molecular weight excluding hydrogens is 262 g/mol. The first kappa shape index (κ1) is 13.9. The van der Waals surface area contributed by atoms with Gasteiger partial charge in [-0.1, -0.05) is 18.6 Å². The molecule has 1 aromatic rings. The molecule has 1 atom stereocenters. The van der Waals surface area contributed by atoms with Crippen molar-refractivity contribution in [2.45, 2.75) is 31.4 Å². The van der Waals surface area contributed by atoms with Gasteiger partial charge < -0.3 is 10.4 Å². The van der Waals surface area contributed by atoms with E-state index in [1.807, 2.05) is 0 Å². The van der Waals surface area contributed by atoms with Gasteiger partial charge in [-0.3, -0.25) is 4.79 Å². The number of rotatable bonds is 3. The van der Waals surface area contributed by atoms with Crippen molar-refractivity contribution in [2.75, 3.05) is 11.1 Å². The van der Waals surface area contributed by atoms with Crippen LogP contribution in [0.2, 0.25) is 0 Å². The number of hydrogen-bond donors (Lipinski definition) is 2. The van der Waals surface area contributed by atoms with Crippen LogP contribution in [-0.2, 0) is 4.79 Å². The minimum absolute atomic E-state index is 0.0593. The van der Waals surface area contributed by atoms with E-state index in [1.54, 1.807) is 36.9 Å². The molecule has 1 amide bonds. The third kappa shape index (κ3) is 3.29. The van der Waals surface area contributed by atoms with Crippen molar-refractivity contribution in [1.82, 2.24) is 0 Å². The normalized spacial score (nSPS) is 18.9. The number of hydrogen-bond acceptors (Lipinski definition) is 3. The second-order valence-corrected chi connectivity index (χ2v) is 5.96. The van der Waals surface area contributed by atoms with Gasteiger partial charge >= 0.3 is 5.97 Å². The first-order valence-corrected chi connectivity index (χ1v) is 7.40. The Morgan fingerprint density at radius 2 is 2.16 bits per heavy atom. The number of thioether (sulfide) groups is 1. The number of carboxylic acid groups (broad SMARTS) is 1. The van der Waals surface area contributed by atoms with Crippen molar-refractivity contribution >= 4 is 29.3 Å². The molecule has 1 fully saturated rings. The number of carbonyl (C=O) groups is 2. The first-order valence-electron chi connectivity index (χ1n) is 6.35. The Bertz CT molecular complexity index is 495. The molecule has 1 unspecified atom stereocenters. The summed E-state index contributed by atoms with van der Waals surface area (Å²) in [6.07, 6.45) is 3.08. The zero-order chi connectivity index (χ0) is 13.8. The largest absolute Gasteiger partial charge is 0.478 e. The molecule has 2 N–H and O–H groups in total. The van der Waals surface area contributed by atoms with E-state index in [0.717, 1.165) is 25.0 Å². The monoisotopic (exact) mass is 279 g/mol. The zero-order valence-electron chi connectivity index (χ0n) is 10.8. The SMILES string of the molecule is Cc1cccc(NC(=O)C2CCCCS2)c1C(=O)O. The van der Waals surface area contributed by atoms with Crippen LogP contribution >= 0.6 is 11.8 Å². The average molecular weight is 279 g/mol. The Morgan fingerprint density at radius 1 is 1.37 bits per heavy atom. The Hall–Kier alpha value is -1.49. The number of carbonyl (C=O) groups excluding carboxylic acids is 1. The van der Waals surface area contributed by atoms with Crippen molar-refractivity contribution in [2.24, 2.45) is 0 Å². The highest BCUT2D eigenvalue weighted by Crippen LogP contribution is 2.27. The Morgan fingerprint density at radius 3 is 2.79 bits per heavy atom. The fraction of sp³-hybridized carbons (Fsp3) is 0.429. The molecule has 4 nitrogen and oxygen atoms in total. The molecule has 5 heteroatoms. The zero-order valence-corrected chi connectivity index (χ0v) is 11.6. The molecule has 0 aromatic heterocycles. The number of nitrogens with one attached hydrogen (secondary N) is 1. The van der Waals surface area contributed by atoms with Crippen molar-refractivity contribution in [3.63, 3.8) is 0 Å². The van der Waals surface area contributed by atoms with Crippen molar-refractivity contribution in [3.05, 3.63) is 29.3 Å². The Kier molecular flexibility index (Phi) is 4.47. The maximum Gasteiger partial charge on any atom is 0.338 e. The molecule has 0 spiro atoms. The van der Waals surface area contributed by atoms with Gasteiger partial charge in [0.05, 0.1) is 16.5 Å². The van der Waals surface area contributed by atoms with Crippen molar-refractivity contribution in [3.8, 4) is 0 Å². The maximum absolute atomic E-state index is 12.1. The van der Waals surface area contributed by atoms with E-state index < -0.39 is 5.97 Å². The van der Waals surface area contributed by atoms with Gasteiger partial charge in [-0.25, -0.2) is 4.79 Å². The number of anilines is 1. The number of benzene rings is 1. The fourth-order valence-corrected chi connectivity index (χ4v) is 3.42. The van der Waals surface area contributed by atoms with E-state index in [2.05, 4.69) is 5.32 Å². The molecule has 19 heavy (non-hydrogen) atoms. The van der Waals surface area contributed by atoms with Crippen LogP contribution in [0.3, 0.4) is 0 Å². The van der Waals surface area contributed by atoms with Gasteiger partial charge in [0.1, 0.15) is 0 Å². The molecule has 1 aromatic carbocycles. The van der Waals surface area contributed by atoms with Gasteiger partial charge in [0.25, 0.3) is 0 Å². The minimum Gasteiger partial charge on any atom is -0.478 e. The summed E-state index contributed by atoms with van der Waals surface area (Å²) in [7, 11) is 0. The molecule has 0 radical (unpaired) electrons. The number of aryl methyl sites for hydroxylation is 1. The number of amides is 1. The predicted molar refractivity (Wildman–Crippen MR) is 76.9 cm³/mol. The highest BCUT2D eigenvalue weighted by atomic mass is 32.2. The molecule has 1 heterocycles. The van der Waals surface area contributed by atoms with Crippen molar-refractivity contribution in [1.29, 1.82) is 0 Å². The van der Waals surface area contributed by atoms with E-state index in [4.69, 9.17) is 0 Å². The Labute approximate surface area is 116 Å². The number of aromatic carboxylic acids is 1. The Balaban J connectivity index is 2.16. The summed E-state index contributed by atoms with van der Waals surface area (Å²) in [4.78, 5) is 23.4. The standard InChI is InChI=1S/C14H17NO3S/c1-9-5-4-6-10(12(9)14(17)18)15-13(16)11-7-2-3-8-19-11/h4-6,11H,2-3,7-8H2,1H3,(H,15,16)(H,17,18). The molecule has 1 saturated heterocycles. The smallest absolute Gasteiger partial charge is 0.338 e. The predicted octanol–water partition coefficient (Wildman–Crippen LogP) is 2.92. The van der Waals surface area contributed by atoms with Crippen LogP contribution in [0.5, 0.6) is 0 Å². The second-order valence-electron chi connectivity index (χ2n) is 4.65. The minimum atomic E-state index is -1.01. The summed E-state index contributed by atoms with van der Waals surface area (Å²) in [5.41, 5.74) is 1.22. The number of carboxylic acids is 1. The quantitative estimate of drug-likeness (QED) is 0.892. The molecule has 0 aliphatic carbocycles. The van der Waals surface area contributed by atoms with Gasteiger partial charge in [0.15, 0.2) is 0 Å². The lowest BCUT2D eigenvalue weighted by Crippen LogP contribution is -2.28. The topological polar surface area (TPSA) is 66.4 Å². The summed E-state index contributed by atoms with van der Waals surface area (Å²) in [6.45, 7) is 1.73. The molecule has 1 aliphatic rings. The highest BCUT2D eigenvalue weighted by Gasteiger charge is 2.23. The van der Waals surface area contributed by atoms with E-state index >= 15 is 0 Å². The van der Waals surface area contributed by atoms with Crippen LogP contribution in [0.25, 0.3) is 0 Å². The first-order chi connectivity index (χ1) is 9.09. The van der Waals surface area contributed by atoms with Crippen LogP contribution < -0.4 is 5.32 Å². The molecule has 0 saturated carbocycles. The third-order valence-corrected chi connectivity index (χ3v) is 4.59. The molecule has 102 valence electrons. The molecule has 1 aliphatic heterocycles. The van der Waals surface area contributed by atoms with Crippen LogP contribution in [0, 0.1) is 6.92 Å². The lowest BCUT2D eigenvalue weighted by molar-refractivity contribution is -0.115. The van der Waals surface area contributed by atoms with Gasteiger partial charge in [-0.15, -0.1) is 11.8 Å². The fourth-order valence-electron chi connectivity index (χ4n) is 2.22. The molecule has 0 bridgehead atoms. The van der Waals surface area contributed by atoms with Crippen LogP contribution in [0.4, 0.5) is 5.69 Å². The summed E-state index contributed by atoms with van der Waals surface area (Å²) >= 11 is 1.65. The summed E-state index contributed by atoms with van der Waals surface area (Å²) < 4.78 is 0. The van der Waals surface area contributed by atoms with Crippen LogP contribution in [0.15, 0.2) is 18.2 Å². The third-order valence-electron chi connectivity index (χ3n) is 3.22. The van der Waals surface area contributed by atoms with Gasteiger partial charge in [0, 0.05) is 0 Å². The molecule has 2 rings (SSSR count). The van der Waals surface area contributed by atoms with Crippen LogP contribution in [-0.4, -0.2) is 28.0 Å². The summed E-state index contributed by atoms with van der Waals surface area (Å²) in [6, 6.07) is 5.13. The van der Waals surface area contributed by atoms with Gasteiger partial charge in [-0.2, -0.15) is 0 Å². The van der Waals surface area contributed by atoms with E-state index in [0.29, 0.717) is 11.3 Å². The van der Waals surface area contributed by atoms with Crippen LogP contribution in [0.1, 0.15) is 35.2 Å². The lowest BCUT2D eigenvalue weighted by Gasteiger charge is -2.21. The van der Waals surface area contributed by atoms with E-state index in [-0.39, 0.29) is 16.7 Å². The highest BCUT2D eigenvalue weighted by molar-refractivity contribution is 8.00. The van der Waals surface area contributed by atoms with E-state index in [1.165, 1.54) is 0 Å². The molecular formula is C14H17NO3S.